The van der Waals surface area contributed by atoms with Gasteiger partial charge in [-0.05, 0) is 19.5 Å². The molecule has 0 aliphatic rings. The van der Waals surface area contributed by atoms with Crippen molar-refractivity contribution in [3.05, 3.63) is 23.7 Å². The van der Waals surface area contributed by atoms with E-state index in [1.165, 1.54) is 0 Å². The first-order chi connectivity index (χ1) is 6.33. The van der Waals surface area contributed by atoms with Crippen molar-refractivity contribution in [3.8, 4) is 0 Å². The van der Waals surface area contributed by atoms with E-state index in [1.54, 1.807) is 6.20 Å². The largest absolute Gasteiger partial charge is 0.360 e. The van der Waals surface area contributed by atoms with Gasteiger partial charge in [0.05, 0.1) is 5.69 Å². The SMILES string of the molecule is Cc1onc2c(CCN)nccc12. The van der Waals surface area contributed by atoms with E-state index in [4.69, 9.17) is 10.3 Å². The Hall–Kier alpha value is -1.42. The summed E-state index contributed by atoms with van der Waals surface area (Å²) >= 11 is 0. The molecule has 0 atom stereocenters. The van der Waals surface area contributed by atoms with E-state index in [0.29, 0.717) is 6.54 Å². The molecule has 2 aromatic heterocycles. The molecule has 0 amide bonds. The fourth-order valence-corrected chi connectivity index (χ4v) is 1.37. The fourth-order valence-electron chi connectivity index (χ4n) is 1.37. The number of rotatable bonds is 2. The van der Waals surface area contributed by atoms with Crippen LogP contribution >= 0.6 is 0 Å². The van der Waals surface area contributed by atoms with E-state index in [1.807, 2.05) is 13.0 Å². The van der Waals surface area contributed by atoms with E-state index in [0.717, 1.165) is 28.8 Å². The zero-order valence-electron chi connectivity index (χ0n) is 7.45. The highest BCUT2D eigenvalue weighted by molar-refractivity contribution is 5.81. The lowest BCUT2D eigenvalue weighted by Crippen LogP contribution is -2.04. The number of aromatic nitrogens is 2. The first-order valence-electron chi connectivity index (χ1n) is 4.23. The van der Waals surface area contributed by atoms with Crippen LogP contribution in [0.5, 0.6) is 0 Å². The van der Waals surface area contributed by atoms with Crippen molar-refractivity contribution in [3.63, 3.8) is 0 Å². The molecule has 0 unspecified atom stereocenters. The molecule has 0 spiro atoms. The molecule has 0 saturated heterocycles. The predicted molar refractivity (Wildman–Crippen MR) is 49.3 cm³/mol. The van der Waals surface area contributed by atoms with Gasteiger partial charge < -0.3 is 10.3 Å². The maximum absolute atomic E-state index is 5.46. The standard InChI is InChI=1S/C9H11N3O/c1-6-7-3-5-11-8(2-4-10)9(7)12-13-6/h3,5H,2,4,10H2,1H3. The van der Waals surface area contributed by atoms with Gasteiger partial charge in [0.2, 0.25) is 0 Å². The van der Waals surface area contributed by atoms with Crippen molar-refractivity contribution in [2.45, 2.75) is 13.3 Å². The zero-order chi connectivity index (χ0) is 9.26. The average molecular weight is 177 g/mol. The van der Waals surface area contributed by atoms with Crippen LogP contribution in [-0.2, 0) is 6.42 Å². The molecule has 2 rings (SSSR count). The summed E-state index contributed by atoms with van der Waals surface area (Å²) in [4.78, 5) is 4.21. The zero-order valence-corrected chi connectivity index (χ0v) is 7.45. The summed E-state index contributed by atoms with van der Waals surface area (Å²) in [5.41, 5.74) is 7.21. The maximum Gasteiger partial charge on any atom is 0.141 e. The van der Waals surface area contributed by atoms with Gasteiger partial charge in [-0.1, -0.05) is 5.16 Å². The van der Waals surface area contributed by atoms with Gasteiger partial charge in [0.25, 0.3) is 0 Å². The molecule has 0 bridgehead atoms. The number of hydrogen-bond donors (Lipinski definition) is 1. The molecule has 2 heterocycles. The van der Waals surface area contributed by atoms with Gasteiger partial charge in [0, 0.05) is 18.0 Å². The van der Waals surface area contributed by atoms with E-state index in [9.17, 15) is 0 Å². The van der Waals surface area contributed by atoms with Gasteiger partial charge in [-0.25, -0.2) is 0 Å². The van der Waals surface area contributed by atoms with Crippen LogP contribution in [0.4, 0.5) is 0 Å². The Morgan fingerprint density at radius 1 is 1.54 bits per heavy atom. The van der Waals surface area contributed by atoms with Gasteiger partial charge in [0.15, 0.2) is 0 Å². The second-order valence-corrected chi connectivity index (χ2v) is 2.93. The normalized spacial score (nSPS) is 10.9. The Morgan fingerprint density at radius 3 is 3.15 bits per heavy atom. The molecule has 0 saturated carbocycles. The quantitative estimate of drug-likeness (QED) is 0.744. The number of nitrogens with zero attached hydrogens (tertiary/aromatic N) is 2. The Balaban J connectivity index is 2.63. The van der Waals surface area contributed by atoms with Gasteiger partial charge in [-0.2, -0.15) is 0 Å². The van der Waals surface area contributed by atoms with E-state index in [-0.39, 0.29) is 0 Å². The molecule has 0 radical (unpaired) electrons. The highest BCUT2D eigenvalue weighted by Gasteiger charge is 2.08. The first kappa shape index (κ1) is 8.19. The van der Waals surface area contributed by atoms with E-state index < -0.39 is 0 Å². The third-order valence-corrected chi connectivity index (χ3v) is 2.03. The molecular weight excluding hydrogens is 166 g/mol. The first-order valence-corrected chi connectivity index (χ1v) is 4.23. The Kier molecular flexibility index (Phi) is 1.98. The second-order valence-electron chi connectivity index (χ2n) is 2.93. The van der Waals surface area contributed by atoms with E-state index in [2.05, 4.69) is 10.1 Å². The molecule has 0 fully saturated rings. The van der Waals surface area contributed by atoms with Crippen molar-refractivity contribution in [2.24, 2.45) is 5.73 Å². The molecule has 4 nitrogen and oxygen atoms in total. The molecule has 0 aromatic carbocycles. The predicted octanol–water partition coefficient (Wildman–Crippen LogP) is 1.03. The number of fused-ring (bicyclic) bond motifs is 1. The monoisotopic (exact) mass is 177 g/mol. The molecule has 2 aromatic rings. The van der Waals surface area contributed by atoms with Crippen LogP contribution < -0.4 is 5.73 Å². The molecule has 13 heavy (non-hydrogen) atoms. The molecule has 0 aliphatic carbocycles. The van der Waals surface area contributed by atoms with E-state index >= 15 is 0 Å². The highest BCUT2D eigenvalue weighted by atomic mass is 16.5. The van der Waals surface area contributed by atoms with Crippen molar-refractivity contribution < 1.29 is 4.52 Å². The Bertz CT molecular complexity index is 422. The summed E-state index contributed by atoms with van der Waals surface area (Å²) in [6.07, 6.45) is 2.50. The van der Waals surface area contributed by atoms with Crippen LogP contribution in [0.25, 0.3) is 10.9 Å². The minimum absolute atomic E-state index is 0.581. The number of hydrogen-bond acceptors (Lipinski definition) is 4. The summed E-state index contributed by atoms with van der Waals surface area (Å²) in [6.45, 7) is 2.47. The van der Waals surface area contributed by atoms with Crippen LogP contribution in [0, 0.1) is 6.92 Å². The second kappa shape index (κ2) is 3.14. The fraction of sp³-hybridized carbons (Fsp3) is 0.333. The smallest absolute Gasteiger partial charge is 0.141 e. The summed E-state index contributed by atoms with van der Waals surface area (Å²) in [6, 6.07) is 1.90. The molecular formula is C9H11N3O. The number of nitrogens with two attached hydrogens (primary N) is 1. The third kappa shape index (κ3) is 1.29. The van der Waals surface area contributed by atoms with Gasteiger partial charge in [-0.3, -0.25) is 4.98 Å². The third-order valence-electron chi connectivity index (χ3n) is 2.03. The lowest BCUT2D eigenvalue weighted by atomic mass is 10.2. The van der Waals surface area contributed by atoms with Crippen LogP contribution in [0.1, 0.15) is 11.5 Å². The molecule has 2 N–H and O–H groups in total. The van der Waals surface area contributed by atoms with Crippen LogP contribution in [0.2, 0.25) is 0 Å². The molecule has 0 aliphatic heterocycles. The highest BCUT2D eigenvalue weighted by Crippen LogP contribution is 2.18. The maximum atomic E-state index is 5.46. The van der Waals surface area contributed by atoms with Crippen LogP contribution in [0.15, 0.2) is 16.8 Å². The van der Waals surface area contributed by atoms with Crippen LogP contribution in [-0.4, -0.2) is 16.7 Å². The van der Waals surface area contributed by atoms with Gasteiger partial charge in [-0.15, -0.1) is 0 Å². The minimum Gasteiger partial charge on any atom is -0.360 e. The molecule has 4 heteroatoms. The summed E-state index contributed by atoms with van der Waals surface area (Å²) in [5.74, 6) is 0.829. The number of aryl methyl sites for hydroxylation is 1. The van der Waals surface area contributed by atoms with Crippen LogP contribution in [0.3, 0.4) is 0 Å². The minimum atomic E-state index is 0.581. The van der Waals surface area contributed by atoms with Gasteiger partial charge in [0.1, 0.15) is 11.3 Å². The Labute approximate surface area is 75.7 Å². The van der Waals surface area contributed by atoms with Crippen molar-refractivity contribution >= 4 is 10.9 Å². The van der Waals surface area contributed by atoms with Crippen molar-refractivity contribution in [1.82, 2.24) is 10.1 Å². The van der Waals surface area contributed by atoms with Crippen molar-refractivity contribution in [1.29, 1.82) is 0 Å². The average Bonchev–Trinajstić information content (AvgIpc) is 2.50. The van der Waals surface area contributed by atoms with Gasteiger partial charge >= 0.3 is 0 Å². The summed E-state index contributed by atoms with van der Waals surface area (Å²) in [5, 5.41) is 4.97. The summed E-state index contributed by atoms with van der Waals surface area (Å²) < 4.78 is 5.07. The topological polar surface area (TPSA) is 64.9 Å². The Morgan fingerprint density at radius 2 is 2.38 bits per heavy atom. The lowest BCUT2D eigenvalue weighted by Gasteiger charge is -1.96. The lowest BCUT2D eigenvalue weighted by molar-refractivity contribution is 0.405. The van der Waals surface area contributed by atoms with Crippen molar-refractivity contribution in [2.75, 3.05) is 6.54 Å². The summed E-state index contributed by atoms with van der Waals surface area (Å²) in [7, 11) is 0. The molecule has 68 valence electrons. The number of pyridine rings is 1.